The first-order valence-corrected chi connectivity index (χ1v) is 9.67. The van der Waals surface area contributed by atoms with Crippen molar-refractivity contribution in [3.63, 3.8) is 0 Å². The molecule has 0 bridgehead atoms. The average molecular weight is 385 g/mol. The number of nitrogens with zero attached hydrogens (tertiary/aromatic N) is 2. The average Bonchev–Trinajstić information content (AvgIpc) is 3.15. The Morgan fingerprint density at radius 3 is 2.79 bits per heavy atom. The molecule has 1 aliphatic rings. The number of primary amides is 1. The summed E-state index contributed by atoms with van der Waals surface area (Å²) in [5.41, 5.74) is 6.09. The van der Waals surface area contributed by atoms with E-state index in [4.69, 9.17) is 10.5 Å². The predicted octanol–water partition coefficient (Wildman–Crippen LogP) is 2.20. The highest BCUT2D eigenvalue weighted by molar-refractivity contribution is 7.99. The van der Waals surface area contributed by atoms with Crippen molar-refractivity contribution in [3.05, 3.63) is 27.7 Å². The first-order valence-electron chi connectivity index (χ1n) is 7.20. The van der Waals surface area contributed by atoms with Crippen LogP contribution in [0.2, 0.25) is 0 Å². The molecule has 0 radical (unpaired) electrons. The number of rotatable bonds is 5. The molecular weight excluding hydrogens is 368 g/mol. The van der Waals surface area contributed by atoms with Gasteiger partial charge in [-0.15, -0.1) is 22.7 Å². The molecule has 3 N–H and O–H groups in total. The van der Waals surface area contributed by atoms with Crippen LogP contribution in [-0.2, 0) is 4.74 Å². The van der Waals surface area contributed by atoms with Gasteiger partial charge in [0.05, 0.1) is 28.0 Å². The van der Waals surface area contributed by atoms with Gasteiger partial charge in [-0.25, -0.2) is 9.29 Å². The van der Waals surface area contributed by atoms with Crippen molar-refractivity contribution in [3.8, 4) is 0 Å². The lowest BCUT2D eigenvalue weighted by Crippen LogP contribution is -2.30. The number of morpholine rings is 1. The minimum Gasteiger partial charge on any atom is -0.379 e. The summed E-state index contributed by atoms with van der Waals surface area (Å²) in [6.45, 7) is 4.84. The largest absolute Gasteiger partial charge is 0.379 e. The van der Waals surface area contributed by atoms with Gasteiger partial charge in [0.25, 0.3) is 11.8 Å². The van der Waals surface area contributed by atoms with Gasteiger partial charge < -0.3 is 15.8 Å². The number of carbonyl (C=O) groups excluding carboxylic acids is 2. The van der Waals surface area contributed by atoms with Crippen LogP contribution >= 0.6 is 34.6 Å². The number of hydrogen-bond acceptors (Lipinski definition) is 8. The van der Waals surface area contributed by atoms with Gasteiger partial charge in [-0.3, -0.25) is 9.59 Å². The topological polar surface area (TPSA) is 97.6 Å². The Bertz CT molecular complexity index is 752. The molecule has 1 saturated heterocycles. The summed E-state index contributed by atoms with van der Waals surface area (Å²) >= 11 is 4.28. The third-order valence-electron chi connectivity index (χ3n) is 3.24. The molecule has 2 amide bonds. The van der Waals surface area contributed by atoms with Crippen molar-refractivity contribution in [1.29, 1.82) is 0 Å². The zero-order chi connectivity index (χ0) is 17.1. The highest BCUT2D eigenvalue weighted by Gasteiger charge is 2.20. The van der Waals surface area contributed by atoms with Gasteiger partial charge in [0.1, 0.15) is 10.7 Å². The first kappa shape index (κ1) is 17.4. The number of ether oxygens (including phenoxy) is 1. The zero-order valence-electron chi connectivity index (χ0n) is 12.9. The number of hydrogen-bond donors (Lipinski definition) is 2. The molecule has 0 atom stereocenters. The Hall–Kier alpha value is -1.46. The van der Waals surface area contributed by atoms with E-state index >= 15 is 0 Å². The molecular formula is C14H16N4O3S3. The second-order valence-electron chi connectivity index (χ2n) is 5.01. The molecule has 0 spiro atoms. The van der Waals surface area contributed by atoms with Crippen molar-refractivity contribution >= 4 is 51.4 Å². The monoisotopic (exact) mass is 384 g/mol. The second kappa shape index (κ2) is 7.62. The molecule has 0 saturated carbocycles. The van der Waals surface area contributed by atoms with E-state index in [1.165, 1.54) is 22.7 Å². The number of anilines is 1. The highest BCUT2D eigenvalue weighted by atomic mass is 32.2. The number of carbonyl (C=O) groups is 2. The maximum atomic E-state index is 12.3. The molecule has 1 aliphatic heterocycles. The number of aromatic nitrogens is 1. The number of thiophene rings is 1. The minimum atomic E-state index is -0.565. The van der Waals surface area contributed by atoms with Crippen LogP contribution < -0.4 is 11.1 Å². The smallest absolute Gasteiger partial charge is 0.275 e. The lowest BCUT2D eigenvalue weighted by Gasteiger charge is -2.24. The molecule has 2 aromatic rings. The van der Waals surface area contributed by atoms with E-state index in [1.807, 2.05) is 6.92 Å². The zero-order valence-corrected chi connectivity index (χ0v) is 15.4. The Labute approximate surface area is 151 Å². The maximum Gasteiger partial charge on any atom is 0.275 e. The maximum absolute atomic E-state index is 12.3. The molecule has 128 valence electrons. The van der Waals surface area contributed by atoms with Crippen LogP contribution in [0, 0.1) is 6.92 Å². The van der Waals surface area contributed by atoms with E-state index in [9.17, 15) is 9.59 Å². The molecule has 7 nitrogen and oxygen atoms in total. The van der Waals surface area contributed by atoms with Crippen LogP contribution in [0.4, 0.5) is 5.00 Å². The van der Waals surface area contributed by atoms with Crippen LogP contribution in [0.25, 0.3) is 0 Å². The Morgan fingerprint density at radius 1 is 1.42 bits per heavy atom. The fourth-order valence-electron chi connectivity index (χ4n) is 2.09. The van der Waals surface area contributed by atoms with E-state index in [0.29, 0.717) is 29.5 Å². The van der Waals surface area contributed by atoms with Crippen molar-refractivity contribution < 1.29 is 14.3 Å². The number of thiazole rings is 1. The van der Waals surface area contributed by atoms with Crippen molar-refractivity contribution in [2.24, 2.45) is 5.73 Å². The third-order valence-corrected chi connectivity index (χ3v) is 6.26. The molecule has 24 heavy (non-hydrogen) atoms. The third kappa shape index (κ3) is 4.14. The molecule has 3 rings (SSSR count). The summed E-state index contributed by atoms with van der Waals surface area (Å²) in [5.74, 6) is -0.906. The van der Waals surface area contributed by atoms with Gasteiger partial charge in [0, 0.05) is 18.5 Å². The number of nitrogens with two attached hydrogens (primary N) is 1. The summed E-state index contributed by atoms with van der Waals surface area (Å²) in [4.78, 5) is 28.1. The van der Waals surface area contributed by atoms with E-state index in [1.54, 1.807) is 23.4 Å². The van der Waals surface area contributed by atoms with Crippen LogP contribution in [0.15, 0.2) is 15.7 Å². The van der Waals surface area contributed by atoms with Crippen molar-refractivity contribution in [1.82, 2.24) is 9.29 Å². The van der Waals surface area contributed by atoms with E-state index < -0.39 is 5.91 Å². The quantitative estimate of drug-likeness (QED) is 0.767. The van der Waals surface area contributed by atoms with Crippen LogP contribution in [-0.4, -0.2) is 47.4 Å². The highest BCUT2D eigenvalue weighted by Crippen LogP contribution is 2.37. The molecule has 3 heterocycles. The molecule has 0 aromatic carbocycles. The van der Waals surface area contributed by atoms with Gasteiger partial charge >= 0.3 is 0 Å². The van der Waals surface area contributed by atoms with Crippen molar-refractivity contribution in [2.75, 3.05) is 31.6 Å². The summed E-state index contributed by atoms with van der Waals surface area (Å²) in [5, 5.41) is 5.69. The number of nitrogens with one attached hydrogen (secondary N) is 1. The lowest BCUT2D eigenvalue weighted by molar-refractivity contribution is 0.0773. The fraction of sp³-hybridized carbons (Fsp3) is 0.357. The fourth-order valence-corrected chi connectivity index (χ4v) is 4.95. The summed E-state index contributed by atoms with van der Waals surface area (Å²) in [7, 11) is 0. The van der Waals surface area contributed by atoms with Crippen molar-refractivity contribution in [2.45, 2.75) is 11.1 Å². The summed E-state index contributed by atoms with van der Waals surface area (Å²) < 4.78 is 8.38. The van der Waals surface area contributed by atoms with Gasteiger partial charge in [0.15, 0.2) is 0 Å². The summed E-state index contributed by atoms with van der Waals surface area (Å²) in [6, 6.07) is 1.72. The van der Waals surface area contributed by atoms with E-state index in [2.05, 4.69) is 14.6 Å². The second-order valence-corrected chi connectivity index (χ2v) is 8.52. The number of aryl methyl sites for hydroxylation is 1. The Kier molecular flexibility index (Phi) is 5.51. The standard InChI is InChI=1S/C14H16N4O3S3/c1-8-16-10(7-22-8)13(20)17-14-9(12(15)19)6-11(23-14)24-18-2-4-21-5-3-18/h6-7H,2-5H2,1H3,(H2,15,19)(H,17,20). The van der Waals surface area contributed by atoms with E-state index in [-0.39, 0.29) is 5.91 Å². The van der Waals surface area contributed by atoms with E-state index in [0.717, 1.165) is 22.3 Å². The summed E-state index contributed by atoms with van der Waals surface area (Å²) in [6.07, 6.45) is 0. The Morgan fingerprint density at radius 2 is 2.17 bits per heavy atom. The normalized spacial score (nSPS) is 15.4. The van der Waals surface area contributed by atoms with Gasteiger partial charge in [-0.1, -0.05) is 0 Å². The molecule has 0 unspecified atom stereocenters. The lowest BCUT2D eigenvalue weighted by atomic mass is 10.3. The Balaban J connectivity index is 1.75. The molecule has 2 aromatic heterocycles. The van der Waals surface area contributed by atoms with Crippen LogP contribution in [0.5, 0.6) is 0 Å². The van der Waals surface area contributed by atoms with Crippen LogP contribution in [0.3, 0.4) is 0 Å². The number of amides is 2. The molecule has 10 heteroatoms. The molecule has 1 fully saturated rings. The minimum absolute atomic E-state index is 0.316. The SMILES string of the molecule is Cc1nc(C(=O)Nc2sc(SN3CCOCC3)cc2C(N)=O)cs1. The molecule has 0 aliphatic carbocycles. The van der Waals surface area contributed by atoms with Gasteiger partial charge in [-0.2, -0.15) is 0 Å². The van der Waals surface area contributed by atoms with Crippen LogP contribution in [0.1, 0.15) is 25.9 Å². The van der Waals surface area contributed by atoms with Gasteiger partial charge in [-0.05, 0) is 24.9 Å². The van der Waals surface area contributed by atoms with Gasteiger partial charge in [0.2, 0.25) is 0 Å². The first-order chi connectivity index (χ1) is 11.5. The predicted molar refractivity (Wildman–Crippen MR) is 95.9 cm³/mol.